The Balaban J connectivity index is 1.56. The maximum atomic E-state index is 6.04. The highest BCUT2D eigenvalue weighted by molar-refractivity contribution is 5.33. The van der Waals surface area contributed by atoms with Crippen molar-refractivity contribution in [2.24, 2.45) is 0 Å². The predicted octanol–water partition coefficient (Wildman–Crippen LogP) is 1.98. The Morgan fingerprint density at radius 3 is 2.94 bits per heavy atom. The highest BCUT2D eigenvalue weighted by atomic mass is 16.5. The summed E-state index contributed by atoms with van der Waals surface area (Å²) < 4.78 is 11.4. The zero-order valence-corrected chi connectivity index (χ0v) is 10.1. The Hall–Kier alpha value is -0.900. The molecule has 0 saturated carbocycles. The van der Waals surface area contributed by atoms with Gasteiger partial charge in [-0.2, -0.15) is 0 Å². The summed E-state index contributed by atoms with van der Waals surface area (Å²) in [6, 6.07) is 8.64. The Kier molecular flexibility index (Phi) is 3.41. The van der Waals surface area contributed by atoms with Crippen molar-refractivity contribution < 1.29 is 9.47 Å². The molecule has 3 rings (SSSR count). The summed E-state index contributed by atoms with van der Waals surface area (Å²) >= 11 is 0. The number of fused-ring (bicyclic) bond motifs is 1. The van der Waals surface area contributed by atoms with Crippen LogP contribution in [0.5, 0.6) is 0 Å². The van der Waals surface area contributed by atoms with Crippen molar-refractivity contribution in [2.75, 3.05) is 33.0 Å². The van der Waals surface area contributed by atoms with Crippen molar-refractivity contribution in [3.8, 4) is 0 Å². The number of ether oxygens (including phenoxy) is 2. The smallest absolute Gasteiger partial charge is 0.1000 e. The van der Waals surface area contributed by atoms with Crippen LogP contribution >= 0.6 is 0 Å². The number of hydrogen-bond acceptors (Lipinski definition) is 3. The zero-order valence-electron chi connectivity index (χ0n) is 10.1. The van der Waals surface area contributed by atoms with E-state index in [9.17, 15) is 0 Å². The minimum absolute atomic E-state index is 0.300. The molecule has 0 N–H and O–H groups in total. The van der Waals surface area contributed by atoms with Crippen LogP contribution in [0.2, 0.25) is 0 Å². The molecule has 92 valence electrons. The van der Waals surface area contributed by atoms with E-state index in [-0.39, 0.29) is 0 Å². The average molecular weight is 233 g/mol. The molecule has 3 nitrogen and oxygen atoms in total. The van der Waals surface area contributed by atoms with Crippen LogP contribution < -0.4 is 0 Å². The molecule has 17 heavy (non-hydrogen) atoms. The first-order valence-corrected chi connectivity index (χ1v) is 6.43. The second-order valence-electron chi connectivity index (χ2n) is 4.75. The lowest BCUT2D eigenvalue weighted by Crippen LogP contribution is -2.38. The van der Waals surface area contributed by atoms with Gasteiger partial charge in [-0.25, -0.2) is 0 Å². The van der Waals surface area contributed by atoms with Crippen molar-refractivity contribution in [3.05, 3.63) is 35.4 Å². The van der Waals surface area contributed by atoms with Gasteiger partial charge in [0.2, 0.25) is 0 Å². The first-order chi connectivity index (χ1) is 8.43. The van der Waals surface area contributed by atoms with Crippen molar-refractivity contribution in [3.63, 3.8) is 0 Å². The van der Waals surface area contributed by atoms with E-state index in [0.29, 0.717) is 6.10 Å². The lowest BCUT2D eigenvalue weighted by atomic mass is 10.1. The Labute approximate surface area is 102 Å². The summed E-state index contributed by atoms with van der Waals surface area (Å²) in [6.45, 7) is 4.40. The fourth-order valence-corrected chi connectivity index (χ4v) is 2.62. The number of aryl methyl sites for hydroxylation is 1. The second kappa shape index (κ2) is 5.17. The minimum atomic E-state index is 0.300. The number of benzene rings is 1. The fraction of sp³-hybridized carbons (Fsp3) is 0.571. The van der Waals surface area contributed by atoms with Crippen LogP contribution in [-0.4, -0.2) is 37.9 Å². The lowest BCUT2D eigenvalue weighted by Gasteiger charge is -2.27. The maximum Gasteiger partial charge on any atom is 0.1000 e. The largest absolute Gasteiger partial charge is 0.379 e. The van der Waals surface area contributed by atoms with Gasteiger partial charge in [0, 0.05) is 13.1 Å². The van der Waals surface area contributed by atoms with Crippen LogP contribution in [-0.2, 0) is 15.9 Å². The van der Waals surface area contributed by atoms with Gasteiger partial charge in [-0.05, 0) is 24.0 Å². The lowest BCUT2D eigenvalue weighted by molar-refractivity contribution is -0.0611. The number of rotatable bonds is 3. The van der Waals surface area contributed by atoms with Gasteiger partial charge in [0.25, 0.3) is 0 Å². The standard InChI is InChI=1S/C14H19NO2/c1-2-4-13-12(3-1)5-6-14(13)17-11-15-7-9-16-10-8-15/h1-4,14H,5-11H2. The normalized spacial score (nSPS) is 24.8. The van der Waals surface area contributed by atoms with Crippen molar-refractivity contribution in [1.29, 1.82) is 0 Å². The Morgan fingerprint density at radius 1 is 1.24 bits per heavy atom. The third kappa shape index (κ3) is 2.51. The van der Waals surface area contributed by atoms with Crippen molar-refractivity contribution >= 4 is 0 Å². The monoisotopic (exact) mass is 233 g/mol. The molecule has 0 amide bonds. The van der Waals surface area contributed by atoms with Crippen LogP contribution in [0.25, 0.3) is 0 Å². The predicted molar refractivity (Wildman–Crippen MR) is 65.8 cm³/mol. The van der Waals surface area contributed by atoms with Gasteiger partial charge in [-0.3, -0.25) is 4.90 Å². The SMILES string of the molecule is c1ccc2c(c1)CCC2OCN1CCOCC1. The molecule has 1 aliphatic carbocycles. The van der Waals surface area contributed by atoms with E-state index in [2.05, 4.69) is 29.2 Å². The second-order valence-corrected chi connectivity index (χ2v) is 4.75. The first-order valence-electron chi connectivity index (χ1n) is 6.43. The summed E-state index contributed by atoms with van der Waals surface area (Å²) in [5.41, 5.74) is 2.85. The molecule has 1 saturated heterocycles. The topological polar surface area (TPSA) is 21.7 Å². The van der Waals surface area contributed by atoms with Crippen LogP contribution in [0, 0.1) is 0 Å². The fourth-order valence-electron chi connectivity index (χ4n) is 2.62. The quantitative estimate of drug-likeness (QED) is 0.797. The van der Waals surface area contributed by atoms with Crippen molar-refractivity contribution in [1.82, 2.24) is 4.90 Å². The van der Waals surface area contributed by atoms with E-state index in [0.717, 1.165) is 45.9 Å². The molecule has 1 fully saturated rings. The van der Waals surface area contributed by atoms with Gasteiger partial charge in [0.05, 0.1) is 26.0 Å². The van der Waals surface area contributed by atoms with Crippen LogP contribution in [0.4, 0.5) is 0 Å². The molecule has 1 aromatic rings. The molecule has 1 aliphatic heterocycles. The van der Waals surface area contributed by atoms with Gasteiger partial charge in [-0.1, -0.05) is 24.3 Å². The number of nitrogens with zero attached hydrogens (tertiary/aromatic N) is 1. The van der Waals surface area contributed by atoms with E-state index in [1.807, 2.05) is 0 Å². The highest BCUT2D eigenvalue weighted by Gasteiger charge is 2.23. The van der Waals surface area contributed by atoms with E-state index in [4.69, 9.17) is 9.47 Å². The van der Waals surface area contributed by atoms with Crippen LogP contribution in [0.3, 0.4) is 0 Å². The van der Waals surface area contributed by atoms with E-state index in [1.165, 1.54) is 11.1 Å². The molecule has 1 unspecified atom stereocenters. The maximum absolute atomic E-state index is 6.04. The van der Waals surface area contributed by atoms with Gasteiger partial charge in [0.1, 0.15) is 0 Å². The third-order valence-corrected chi connectivity index (χ3v) is 3.64. The number of hydrogen-bond donors (Lipinski definition) is 0. The summed E-state index contributed by atoms with van der Waals surface area (Å²) in [5.74, 6) is 0. The molecule has 1 aromatic carbocycles. The van der Waals surface area contributed by atoms with E-state index in [1.54, 1.807) is 0 Å². The zero-order chi connectivity index (χ0) is 11.5. The molecule has 1 heterocycles. The molecule has 2 aliphatic rings. The summed E-state index contributed by atoms with van der Waals surface area (Å²) in [5, 5.41) is 0. The first kappa shape index (κ1) is 11.2. The summed E-state index contributed by atoms with van der Waals surface area (Å²) in [7, 11) is 0. The van der Waals surface area contributed by atoms with E-state index >= 15 is 0 Å². The minimum Gasteiger partial charge on any atom is -0.379 e. The highest BCUT2D eigenvalue weighted by Crippen LogP contribution is 2.33. The molecular weight excluding hydrogens is 214 g/mol. The van der Waals surface area contributed by atoms with Gasteiger partial charge in [0.15, 0.2) is 0 Å². The average Bonchev–Trinajstić information content (AvgIpc) is 2.81. The van der Waals surface area contributed by atoms with E-state index < -0.39 is 0 Å². The van der Waals surface area contributed by atoms with Gasteiger partial charge < -0.3 is 9.47 Å². The van der Waals surface area contributed by atoms with Gasteiger partial charge in [-0.15, -0.1) is 0 Å². The van der Waals surface area contributed by atoms with Gasteiger partial charge >= 0.3 is 0 Å². The molecule has 1 atom stereocenters. The molecule has 0 radical (unpaired) electrons. The molecule has 0 bridgehead atoms. The summed E-state index contributed by atoms with van der Waals surface area (Å²) in [4.78, 5) is 2.32. The third-order valence-electron chi connectivity index (χ3n) is 3.64. The molecule has 3 heteroatoms. The molecular formula is C14H19NO2. The van der Waals surface area contributed by atoms with Crippen LogP contribution in [0.1, 0.15) is 23.7 Å². The van der Waals surface area contributed by atoms with Crippen LogP contribution in [0.15, 0.2) is 24.3 Å². The Bertz CT molecular complexity index is 374. The molecule has 0 aromatic heterocycles. The Morgan fingerprint density at radius 2 is 2.06 bits per heavy atom. The summed E-state index contributed by atoms with van der Waals surface area (Å²) in [6.07, 6.45) is 2.59. The number of morpholine rings is 1. The van der Waals surface area contributed by atoms with Crippen molar-refractivity contribution in [2.45, 2.75) is 18.9 Å². The molecule has 0 spiro atoms.